The van der Waals surface area contributed by atoms with Crippen molar-refractivity contribution < 1.29 is 22.7 Å². The number of rotatable bonds is 7. The van der Waals surface area contributed by atoms with E-state index in [0.717, 1.165) is 6.07 Å². The van der Waals surface area contributed by atoms with E-state index < -0.39 is 28.3 Å². The smallest absolute Gasteiger partial charge is 0.264 e. The van der Waals surface area contributed by atoms with Gasteiger partial charge in [-0.15, -0.1) is 0 Å². The summed E-state index contributed by atoms with van der Waals surface area (Å²) in [6.45, 7) is -0.698. The Bertz CT molecular complexity index is 1170. The highest BCUT2D eigenvalue weighted by atomic mass is 32.2. The fraction of sp³-hybridized carbons (Fsp3) is 0.0476. The van der Waals surface area contributed by atoms with E-state index in [2.05, 4.69) is 10.5 Å². The van der Waals surface area contributed by atoms with Gasteiger partial charge in [-0.25, -0.2) is 18.2 Å². The summed E-state index contributed by atoms with van der Waals surface area (Å²) in [5.41, 5.74) is 2.29. The van der Waals surface area contributed by atoms with Gasteiger partial charge in [0, 0.05) is 5.56 Å². The molecule has 1 amide bonds. The maximum atomic E-state index is 14.4. The molecule has 3 rings (SSSR count). The van der Waals surface area contributed by atoms with Gasteiger partial charge in [0.25, 0.3) is 15.9 Å². The van der Waals surface area contributed by atoms with Crippen molar-refractivity contribution in [3.8, 4) is 5.75 Å². The number of nitrogens with zero attached hydrogens (tertiary/aromatic N) is 2. The molecule has 0 bridgehead atoms. The topological polar surface area (TPSA) is 99.1 Å². The van der Waals surface area contributed by atoms with E-state index in [1.807, 2.05) is 0 Å². The summed E-state index contributed by atoms with van der Waals surface area (Å²) in [6.07, 6.45) is 1.21. The predicted molar refractivity (Wildman–Crippen MR) is 111 cm³/mol. The Morgan fingerprint density at radius 3 is 2.33 bits per heavy atom. The highest BCUT2D eigenvalue weighted by Crippen LogP contribution is 2.25. The van der Waals surface area contributed by atoms with Crippen molar-refractivity contribution in [3.63, 3.8) is 0 Å². The fourth-order valence-electron chi connectivity index (χ4n) is 2.61. The predicted octanol–water partition coefficient (Wildman–Crippen LogP) is 2.88. The minimum absolute atomic E-state index is 0.0323. The molecule has 0 fully saturated rings. The summed E-state index contributed by atoms with van der Waals surface area (Å²) in [5.74, 6) is -1.61. The van der Waals surface area contributed by atoms with Crippen molar-refractivity contribution in [2.45, 2.75) is 4.90 Å². The van der Waals surface area contributed by atoms with Gasteiger partial charge in [0.15, 0.2) is 0 Å². The number of hydrazone groups is 1. The largest absolute Gasteiger partial charge is 0.507 e. The average Bonchev–Trinajstić information content (AvgIpc) is 2.74. The van der Waals surface area contributed by atoms with Gasteiger partial charge in [-0.2, -0.15) is 5.10 Å². The number of hydrogen-bond donors (Lipinski definition) is 2. The lowest BCUT2D eigenvalue weighted by Crippen LogP contribution is -2.40. The molecular formula is C21H18FN3O4S. The fourth-order valence-corrected chi connectivity index (χ4v) is 4.06. The zero-order chi connectivity index (χ0) is 21.6. The van der Waals surface area contributed by atoms with Gasteiger partial charge < -0.3 is 5.11 Å². The Labute approximate surface area is 173 Å². The second-order valence-electron chi connectivity index (χ2n) is 6.13. The quantitative estimate of drug-likeness (QED) is 0.447. The number of amides is 1. The van der Waals surface area contributed by atoms with E-state index >= 15 is 0 Å². The average molecular weight is 427 g/mol. The highest BCUT2D eigenvalue weighted by molar-refractivity contribution is 7.92. The van der Waals surface area contributed by atoms with E-state index in [0.29, 0.717) is 9.87 Å². The van der Waals surface area contributed by atoms with Gasteiger partial charge in [-0.3, -0.25) is 9.10 Å². The summed E-state index contributed by atoms with van der Waals surface area (Å²) in [7, 11) is -4.21. The lowest BCUT2D eigenvalue weighted by Gasteiger charge is -2.24. The van der Waals surface area contributed by atoms with Gasteiger partial charge in [-0.1, -0.05) is 42.5 Å². The molecule has 3 aromatic carbocycles. The number of phenolic OH excluding ortho intramolecular Hbond substituents is 1. The first kappa shape index (κ1) is 21.0. The Morgan fingerprint density at radius 1 is 1.00 bits per heavy atom. The zero-order valence-electron chi connectivity index (χ0n) is 15.6. The molecule has 7 nitrogen and oxygen atoms in total. The number of aromatic hydroxyl groups is 1. The van der Waals surface area contributed by atoms with Crippen LogP contribution in [0.2, 0.25) is 0 Å². The van der Waals surface area contributed by atoms with Crippen molar-refractivity contribution in [1.82, 2.24) is 5.43 Å². The van der Waals surface area contributed by atoms with E-state index in [1.165, 1.54) is 54.7 Å². The van der Waals surface area contributed by atoms with Crippen LogP contribution in [0.25, 0.3) is 0 Å². The zero-order valence-corrected chi connectivity index (χ0v) is 16.5. The van der Waals surface area contributed by atoms with Crippen LogP contribution in [0.1, 0.15) is 5.56 Å². The molecular weight excluding hydrogens is 409 g/mol. The maximum Gasteiger partial charge on any atom is 0.264 e. The number of hydrogen-bond acceptors (Lipinski definition) is 5. The van der Waals surface area contributed by atoms with Crippen LogP contribution in [0, 0.1) is 5.82 Å². The second kappa shape index (κ2) is 9.19. The third-order valence-electron chi connectivity index (χ3n) is 4.07. The first-order valence-corrected chi connectivity index (χ1v) is 10.3. The standard InChI is InChI=1S/C21H18FN3O4S/c22-18-11-5-6-12-19(18)25(30(28,29)17-9-2-1-3-10-17)15-21(27)24-23-14-16-8-4-7-13-20(16)26/h1-14,26H,15H2,(H,24,27)/b23-14-. The molecule has 0 radical (unpaired) electrons. The molecule has 154 valence electrons. The van der Waals surface area contributed by atoms with Crippen molar-refractivity contribution in [1.29, 1.82) is 0 Å². The molecule has 0 heterocycles. The molecule has 0 aliphatic rings. The van der Waals surface area contributed by atoms with Crippen LogP contribution in [0.3, 0.4) is 0 Å². The Morgan fingerprint density at radius 2 is 1.63 bits per heavy atom. The number of benzene rings is 3. The van der Waals surface area contributed by atoms with Crippen LogP contribution in [0.5, 0.6) is 5.75 Å². The molecule has 0 spiro atoms. The molecule has 0 aliphatic carbocycles. The number of carbonyl (C=O) groups is 1. The minimum Gasteiger partial charge on any atom is -0.507 e. The molecule has 0 atom stereocenters. The Hall–Kier alpha value is -3.72. The molecule has 2 N–H and O–H groups in total. The lowest BCUT2D eigenvalue weighted by molar-refractivity contribution is -0.119. The molecule has 9 heteroatoms. The SMILES string of the molecule is O=C(CN(c1ccccc1F)S(=O)(=O)c1ccccc1)N/N=C\c1ccccc1O. The number of para-hydroxylation sites is 2. The Balaban J connectivity index is 1.85. The molecule has 3 aromatic rings. The maximum absolute atomic E-state index is 14.4. The summed E-state index contributed by atoms with van der Waals surface area (Å²) in [5, 5.41) is 13.4. The summed E-state index contributed by atoms with van der Waals surface area (Å²) < 4.78 is 41.2. The van der Waals surface area contributed by atoms with Crippen LogP contribution in [0.4, 0.5) is 10.1 Å². The number of nitrogens with one attached hydrogen (secondary N) is 1. The van der Waals surface area contributed by atoms with Gasteiger partial charge in [0.2, 0.25) is 0 Å². The van der Waals surface area contributed by atoms with Gasteiger partial charge >= 0.3 is 0 Å². The van der Waals surface area contributed by atoms with Crippen molar-refractivity contribution in [2.75, 3.05) is 10.8 Å². The molecule has 0 aliphatic heterocycles. The normalized spacial score (nSPS) is 11.4. The third kappa shape index (κ3) is 4.81. The molecule has 30 heavy (non-hydrogen) atoms. The monoisotopic (exact) mass is 427 g/mol. The van der Waals surface area contributed by atoms with Crippen LogP contribution < -0.4 is 9.73 Å². The van der Waals surface area contributed by atoms with Crippen LogP contribution >= 0.6 is 0 Å². The number of phenols is 1. The summed E-state index contributed by atoms with van der Waals surface area (Å²) in [4.78, 5) is 12.3. The number of anilines is 1. The Kier molecular flexibility index (Phi) is 6.43. The van der Waals surface area contributed by atoms with E-state index in [4.69, 9.17) is 0 Å². The lowest BCUT2D eigenvalue weighted by atomic mass is 10.2. The number of halogens is 1. The molecule has 0 aromatic heterocycles. The number of sulfonamides is 1. The van der Waals surface area contributed by atoms with Crippen molar-refractivity contribution >= 4 is 27.8 Å². The third-order valence-corrected chi connectivity index (χ3v) is 5.84. The van der Waals surface area contributed by atoms with Crippen molar-refractivity contribution in [3.05, 3.63) is 90.2 Å². The van der Waals surface area contributed by atoms with Gasteiger partial charge in [-0.05, 0) is 36.4 Å². The van der Waals surface area contributed by atoms with Crippen molar-refractivity contribution in [2.24, 2.45) is 5.10 Å². The van der Waals surface area contributed by atoms with Gasteiger partial charge in [0.05, 0.1) is 16.8 Å². The van der Waals surface area contributed by atoms with E-state index in [9.17, 15) is 22.7 Å². The minimum atomic E-state index is -4.21. The summed E-state index contributed by atoms with van der Waals surface area (Å²) >= 11 is 0. The highest BCUT2D eigenvalue weighted by Gasteiger charge is 2.28. The summed E-state index contributed by atoms with van der Waals surface area (Å²) in [6, 6.07) is 19.0. The van der Waals surface area contributed by atoms with Crippen LogP contribution in [-0.4, -0.2) is 32.2 Å². The van der Waals surface area contributed by atoms with E-state index in [1.54, 1.807) is 24.3 Å². The number of carbonyl (C=O) groups excluding carboxylic acids is 1. The second-order valence-corrected chi connectivity index (χ2v) is 7.99. The van der Waals surface area contributed by atoms with Crippen LogP contribution in [0.15, 0.2) is 88.9 Å². The van der Waals surface area contributed by atoms with E-state index in [-0.39, 0.29) is 16.3 Å². The van der Waals surface area contributed by atoms with Gasteiger partial charge in [0.1, 0.15) is 18.1 Å². The molecule has 0 unspecified atom stereocenters. The molecule has 0 saturated heterocycles. The van der Waals surface area contributed by atoms with Crippen LogP contribution in [-0.2, 0) is 14.8 Å². The first-order valence-electron chi connectivity index (χ1n) is 8.82. The molecule has 0 saturated carbocycles. The first-order chi connectivity index (χ1) is 14.4.